The molecular weight excluding hydrogens is 390 g/mol. The van der Waals surface area contributed by atoms with Crippen molar-refractivity contribution in [3.8, 4) is 5.75 Å². The molecule has 0 unspecified atom stereocenters. The molecule has 6 heteroatoms. The number of ether oxygens (including phenoxy) is 2. The zero-order valence-electron chi connectivity index (χ0n) is 17.9. The molecule has 2 bridgehead atoms. The maximum Gasteiger partial charge on any atom is 0.260 e. The van der Waals surface area contributed by atoms with Gasteiger partial charge in [-0.15, -0.1) is 0 Å². The van der Waals surface area contributed by atoms with Crippen molar-refractivity contribution in [1.29, 1.82) is 0 Å². The molecule has 1 aromatic heterocycles. The van der Waals surface area contributed by atoms with E-state index in [1.54, 1.807) is 6.20 Å². The van der Waals surface area contributed by atoms with Gasteiger partial charge < -0.3 is 19.7 Å². The number of piperidine rings is 1. The highest BCUT2D eigenvalue weighted by molar-refractivity contribution is 5.78. The highest BCUT2D eigenvalue weighted by Crippen LogP contribution is 2.39. The smallest absolute Gasteiger partial charge is 0.260 e. The van der Waals surface area contributed by atoms with Crippen molar-refractivity contribution in [3.05, 3.63) is 54.2 Å². The summed E-state index contributed by atoms with van der Waals surface area (Å²) in [4.78, 5) is 19.6. The predicted octanol–water partition coefficient (Wildman–Crippen LogP) is 3.99. The first-order chi connectivity index (χ1) is 15.3. The summed E-state index contributed by atoms with van der Waals surface area (Å²) in [6.45, 7) is 1.37. The van der Waals surface area contributed by atoms with Crippen LogP contribution in [0.3, 0.4) is 0 Å². The van der Waals surface area contributed by atoms with Gasteiger partial charge in [-0.25, -0.2) is 4.98 Å². The number of carbonyl (C=O) groups is 1. The number of fused-ring (bicyclic) bond motifs is 5. The lowest BCUT2D eigenvalue weighted by Crippen LogP contribution is -2.57. The van der Waals surface area contributed by atoms with Gasteiger partial charge >= 0.3 is 0 Å². The van der Waals surface area contributed by atoms with Crippen LogP contribution in [0.4, 0.5) is 5.82 Å². The average Bonchev–Trinajstić information content (AvgIpc) is 2.84. The highest BCUT2D eigenvalue weighted by Gasteiger charge is 2.36. The first kappa shape index (κ1) is 20.3. The Labute approximate surface area is 183 Å². The standard InChI is InChI=1S/C25H31N3O3/c29-25-17-31-23-8-2-1-6-20(23)18-10-12-19(13-11-18)30-16-22-21(7-5-15-28(22)25)27-24-9-3-4-14-26-24/h1-4,6,8-9,14,18-19,21-22H,5,7,10-13,15-17H2,(H,26,27)/t18?,19?,21-,22-/m0/s1. The van der Waals surface area contributed by atoms with Gasteiger partial charge in [-0.2, -0.15) is 0 Å². The van der Waals surface area contributed by atoms with Gasteiger partial charge in [0.25, 0.3) is 5.91 Å². The first-order valence-electron chi connectivity index (χ1n) is 11.6. The van der Waals surface area contributed by atoms with E-state index in [0.717, 1.165) is 56.6 Å². The summed E-state index contributed by atoms with van der Waals surface area (Å²) in [5.41, 5.74) is 1.23. The van der Waals surface area contributed by atoms with Gasteiger partial charge in [0.15, 0.2) is 6.61 Å². The Balaban J connectivity index is 1.40. The number of anilines is 1. The van der Waals surface area contributed by atoms with Gasteiger partial charge in [0.1, 0.15) is 11.6 Å². The molecule has 31 heavy (non-hydrogen) atoms. The van der Waals surface area contributed by atoms with Crippen LogP contribution in [-0.2, 0) is 9.53 Å². The molecule has 0 radical (unpaired) electrons. The van der Waals surface area contributed by atoms with Crippen LogP contribution in [0.5, 0.6) is 5.75 Å². The molecule has 2 atom stereocenters. The van der Waals surface area contributed by atoms with E-state index in [9.17, 15) is 4.79 Å². The van der Waals surface area contributed by atoms with E-state index in [1.165, 1.54) is 5.56 Å². The lowest BCUT2D eigenvalue weighted by atomic mass is 9.82. The second-order valence-corrected chi connectivity index (χ2v) is 8.90. The molecule has 1 amide bonds. The Morgan fingerprint density at radius 2 is 1.84 bits per heavy atom. The maximum absolute atomic E-state index is 13.2. The van der Waals surface area contributed by atoms with Crippen LogP contribution in [-0.4, -0.2) is 53.7 Å². The van der Waals surface area contributed by atoms with Crippen LogP contribution >= 0.6 is 0 Å². The summed E-state index contributed by atoms with van der Waals surface area (Å²) < 4.78 is 12.5. The molecule has 0 spiro atoms. The fourth-order valence-corrected chi connectivity index (χ4v) is 5.33. The van der Waals surface area contributed by atoms with Crippen molar-refractivity contribution >= 4 is 11.7 Å². The van der Waals surface area contributed by atoms with Crippen LogP contribution < -0.4 is 10.1 Å². The van der Waals surface area contributed by atoms with Crippen molar-refractivity contribution in [2.24, 2.45) is 0 Å². The van der Waals surface area contributed by atoms with Crippen LogP contribution in [0.15, 0.2) is 48.7 Å². The molecule has 164 valence electrons. The van der Waals surface area contributed by atoms with Crippen LogP contribution in [0.25, 0.3) is 0 Å². The van der Waals surface area contributed by atoms with Gasteiger partial charge in [0, 0.05) is 12.7 Å². The van der Waals surface area contributed by atoms with Crippen LogP contribution in [0.1, 0.15) is 50.0 Å². The van der Waals surface area contributed by atoms with Gasteiger partial charge in [0.2, 0.25) is 0 Å². The molecule has 1 saturated heterocycles. The Morgan fingerprint density at radius 1 is 1.00 bits per heavy atom. The highest BCUT2D eigenvalue weighted by atomic mass is 16.5. The largest absolute Gasteiger partial charge is 0.483 e. The van der Waals surface area contributed by atoms with Crippen molar-refractivity contribution in [2.75, 3.05) is 25.1 Å². The minimum atomic E-state index is -0.0272. The van der Waals surface area contributed by atoms with E-state index in [0.29, 0.717) is 12.5 Å². The summed E-state index contributed by atoms with van der Waals surface area (Å²) in [6.07, 6.45) is 8.31. The molecule has 1 aliphatic carbocycles. The van der Waals surface area contributed by atoms with Gasteiger partial charge in [-0.1, -0.05) is 24.3 Å². The third-order valence-electron chi connectivity index (χ3n) is 6.98. The third-order valence-corrected chi connectivity index (χ3v) is 6.98. The third kappa shape index (κ3) is 4.54. The molecule has 3 aliphatic heterocycles. The van der Waals surface area contributed by atoms with Crippen LogP contribution in [0, 0.1) is 0 Å². The summed E-state index contributed by atoms with van der Waals surface area (Å²) in [5.74, 6) is 2.21. The number of carbonyl (C=O) groups excluding carboxylic acids is 1. The number of hydrogen-bond acceptors (Lipinski definition) is 5. The van der Waals surface area contributed by atoms with Gasteiger partial charge in [-0.3, -0.25) is 4.79 Å². The molecular formula is C25H31N3O3. The Morgan fingerprint density at radius 3 is 2.68 bits per heavy atom. The second kappa shape index (κ2) is 9.27. The number of hydrogen-bond donors (Lipinski definition) is 1. The van der Waals surface area contributed by atoms with E-state index in [4.69, 9.17) is 9.47 Å². The quantitative estimate of drug-likeness (QED) is 0.794. The summed E-state index contributed by atoms with van der Waals surface area (Å²) in [7, 11) is 0. The van der Waals surface area contributed by atoms with E-state index in [-0.39, 0.29) is 30.7 Å². The van der Waals surface area contributed by atoms with E-state index >= 15 is 0 Å². The molecule has 6 rings (SSSR count). The summed E-state index contributed by atoms with van der Waals surface area (Å²) >= 11 is 0. The number of pyridine rings is 1. The monoisotopic (exact) mass is 421 g/mol. The van der Waals surface area contributed by atoms with Gasteiger partial charge in [-0.05, 0) is 68.2 Å². The van der Waals surface area contributed by atoms with Crippen LogP contribution in [0.2, 0.25) is 0 Å². The summed E-state index contributed by atoms with van der Waals surface area (Å²) in [6, 6.07) is 14.2. The SMILES string of the molecule is O=C1COc2ccccc2C2CCC(CC2)OC[C@H]2[C@@H](Nc3ccccn3)CCCN12. The lowest BCUT2D eigenvalue weighted by Gasteiger charge is -2.42. The summed E-state index contributed by atoms with van der Waals surface area (Å²) in [5, 5.41) is 3.56. The number of para-hydroxylation sites is 1. The van der Waals surface area contributed by atoms with E-state index in [2.05, 4.69) is 22.4 Å². The molecule has 2 fully saturated rings. The first-order valence-corrected chi connectivity index (χ1v) is 11.6. The Kier molecular flexibility index (Phi) is 6.07. The van der Waals surface area contributed by atoms with Crippen molar-refractivity contribution in [2.45, 2.75) is 62.6 Å². The number of benzene rings is 1. The zero-order valence-corrected chi connectivity index (χ0v) is 17.9. The second-order valence-electron chi connectivity index (χ2n) is 8.90. The number of nitrogens with zero attached hydrogens (tertiary/aromatic N) is 2. The molecule has 1 saturated carbocycles. The van der Waals surface area contributed by atoms with E-state index < -0.39 is 0 Å². The normalized spacial score (nSPS) is 28.9. The number of rotatable bonds is 2. The fraction of sp³-hybridized carbons (Fsp3) is 0.520. The average molecular weight is 422 g/mol. The van der Waals surface area contributed by atoms with Crippen molar-refractivity contribution in [1.82, 2.24) is 9.88 Å². The van der Waals surface area contributed by atoms with Gasteiger partial charge in [0.05, 0.1) is 24.8 Å². The molecule has 6 nitrogen and oxygen atoms in total. The predicted molar refractivity (Wildman–Crippen MR) is 119 cm³/mol. The van der Waals surface area contributed by atoms with Crippen molar-refractivity contribution < 1.29 is 14.3 Å². The Bertz CT molecular complexity index is 883. The minimum Gasteiger partial charge on any atom is -0.483 e. The molecule has 4 heterocycles. The minimum absolute atomic E-state index is 0.0272. The zero-order chi connectivity index (χ0) is 21.0. The fourth-order valence-electron chi connectivity index (χ4n) is 5.33. The van der Waals surface area contributed by atoms with E-state index in [1.807, 2.05) is 35.2 Å². The number of nitrogens with one attached hydrogen (secondary N) is 1. The topological polar surface area (TPSA) is 63.7 Å². The maximum atomic E-state index is 13.2. The molecule has 4 aliphatic rings. The molecule has 2 aromatic rings. The Hall–Kier alpha value is -2.60. The lowest BCUT2D eigenvalue weighted by molar-refractivity contribution is -0.140. The molecule has 1 N–H and O–H groups in total. The molecule has 1 aromatic carbocycles. The number of aromatic nitrogens is 1. The van der Waals surface area contributed by atoms with Crippen molar-refractivity contribution in [3.63, 3.8) is 0 Å². The number of amides is 1.